The molecule has 0 saturated carbocycles. The Kier molecular flexibility index (Phi) is 18.7. The molecule has 0 spiro atoms. The van der Waals surface area contributed by atoms with Crippen molar-refractivity contribution in [3.8, 4) is 5.75 Å². The van der Waals surface area contributed by atoms with Gasteiger partial charge in [0.15, 0.2) is 0 Å². The number of rotatable bonds is 22. The van der Waals surface area contributed by atoms with Crippen LogP contribution in [0.15, 0.2) is 24.3 Å². The molecular formula is C36H57N8O13P. The number of likely N-dealkylation sites (tertiary alicyclic amines) is 1. The van der Waals surface area contributed by atoms with Gasteiger partial charge >= 0.3 is 7.82 Å². The number of phosphoric ester groups is 1. The Morgan fingerprint density at radius 2 is 1.41 bits per heavy atom. The number of nitrogens with two attached hydrogens (primary N) is 2. The Morgan fingerprint density at radius 1 is 0.828 bits per heavy atom. The van der Waals surface area contributed by atoms with Crippen LogP contribution in [0.1, 0.15) is 79.2 Å². The van der Waals surface area contributed by atoms with Crippen molar-refractivity contribution < 1.29 is 62.3 Å². The highest BCUT2D eigenvalue weighted by Crippen LogP contribution is 2.37. The molecule has 2 rings (SSSR count). The maximum absolute atomic E-state index is 14.1. The van der Waals surface area contributed by atoms with Crippen LogP contribution in [0.4, 0.5) is 0 Å². The van der Waals surface area contributed by atoms with Crippen LogP contribution in [0.25, 0.3) is 0 Å². The van der Waals surface area contributed by atoms with E-state index in [9.17, 15) is 48.0 Å². The summed E-state index contributed by atoms with van der Waals surface area (Å²) in [7, 11) is -4.81. The number of hydrogen-bond donors (Lipinski definition) is 10. The van der Waals surface area contributed by atoms with Crippen molar-refractivity contribution >= 4 is 55.1 Å². The van der Waals surface area contributed by atoms with Crippen molar-refractivity contribution in [3.05, 3.63) is 29.8 Å². The van der Waals surface area contributed by atoms with Crippen LogP contribution in [-0.2, 0) is 49.3 Å². The molecule has 0 radical (unpaired) electrons. The predicted octanol–water partition coefficient (Wildman–Crippen LogP) is -2.03. The van der Waals surface area contributed by atoms with Crippen LogP contribution >= 0.6 is 7.82 Å². The van der Waals surface area contributed by atoms with Gasteiger partial charge in [0.2, 0.25) is 47.3 Å². The first-order chi connectivity index (χ1) is 26.9. The summed E-state index contributed by atoms with van der Waals surface area (Å²) in [5.74, 6) is -6.89. The Morgan fingerprint density at radius 3 is 1.91 bits per heavy atom. The number of nitrogens with one attached hydrogen (secondary N) is 5. The van der Waals surface area contributed by atoms with Gasteiger partial charge < -0.3 is 52.6 Å². The summed E-state index contributed by atoms with van der Waals surface area (Å²) in [6.45, 7) is 9.40. The highest BCUT2D eigenvalue weighted by atomic mass is 31.2. The third-order valence-electron chi connectivity index (χ3n) is 9.09. The minimum Gasteiger partial charge on any atom is -0.404 e. The summed E-state index contributed by atoms with van der Waals surface area (Å²) in [4.78, 5) is 123. The Hall–Kier alpha value is -5.11. The zero-order chi connectivity index (χ0) is 44.1. The Bertz CT molecular complexity index is 1700. The standard InChI is InChI=1S/C36H57N8O13P/c1-18(2)16-26(41-33(50)25(39-21(6)46)17-22-9-11-23(12-10-22)57-58(54,55)56)36(53)44-15-7-8-27(44)34(51)40-24(13-14-28(37)47)32(49)43-30(20(5)45)35(52)42-29(19(3)4)31(38)48/h9-12,18-20,24-27,29-30,45H,7-8,13-17H2,1-6H3,(H2,37,47)(H2,38,48)(H,39,46)(H,40,51)(H,41,50)(H,42,52)(H,43,49)(H2,54,55,56)/t20-,24+,25+,26+,27+,29+,30+/m1/s1. The quantitative estimate of drug-likeness (QED) is 0.0564. The molecule has 8 amide bonds. The summed E-state index contributed by atoms with van der Waals surface area (Å²) in [5.41, 5.74) is 11.2. The van der Waals surface area contributed by atoms with Crippen LogP contribution in [0, 0.1) is 11.8 Å². The monoisotopic (exact) mass is 840 g/mol. The van der Waals surface area contributed by atoms with Gasteiger partial charge in [-0.1, -0.05) is 39.8 Å². The number of hydrogen-bond acceptors (Lipinski definition) is 11. The van der Waals surface area contributed by atoms with Gasteiger partial charge in [-0.3, -0.25) is 48.1 Å². The molecule has 1 aromatic rings. The van der Waals surface area contributed by atoms with E-state index in [-0.39, 0.29) is 50.3 Å². The topological polar surface area (TPSA) is 339 Å². The van der Waals surface area contributed by atoms with Crippen molar-refractivity contribution in [2.75, 3.05) is 6.54 Å². The third-order valence-corrected chi connectivity index (χ3v) is 9.54. The van der Waals surface area contributed by atoms with E-state index in [0.717, 1.165) is 0 Å². The smallest absolute Gasteiger partial charge is 0.404 e. The van der Waals surface area contributed by atoms with Crippen LogP contribution in [0.3, 0.4) is 0 Å². The lowest BCUT2D eigenvalue weighted by Crippen LogP contribution is -2.61. The SMILES string of the molecule is CC(=O)N[C@@H](Cc1ccc(OP(=O)(O)O)cc1)C(=O)N[C@@H](CC(C)C)C(=O)N1CCC[C@H]1C(=O)N[C@@H](CCC(N)=O)C(=O)N[C@H](C(=O)N[C@H](C(N)=O)C(C)C)[C@@H](C)O. The van der Waals surface area contributed by atoms with Crippen molar-refractivity contribution in [2.45, 2.75) is 122 Å². The minimum atomic E-state index is -4.81. The number of aliphatic hydroxyl groups excluding tert-OH is 1. The van der Waals surface area contributed by atoms with Crippen LogP contribution < -0.4 is 42.6 Å². The lowest BCUT2D eigenvalue weighted by atomic mass is 10.00. The molecule has 0 aliphatic carbocycles. The number of benzene rings is 1. The van der Waals surface area contributed by atoms with E-state index in [1.807, 2.05) is 13.8 Å². The van der Waals surface area contributed by atoms with E-state index in [1.165, 1.54) is 43.0 Å². The number of nitrogens with zero attached hydrogens (tertiary/aromatic N) is 1. The molecule has 22 heteroatoms. The molecule has 324 valence electrons. The van der Waals surface area contributed by atoms with Crippen molar-refractivity contribution in [1.29, 1.82) is 0 Å². The second kappa shape index (κ2) is 22.2. The number of phosphoric acid groups is 1. The molecule has 1 aromatic carbocycles. The van der Waals surface area contributed by atoms with Gasteiger partial charge in [0.1, 0.15) is 42.0 Å². The summed E-state index contributed by atoms with van der Waals surface area (Å²) in [6, 6.07) is -2.22. The average molecular weight is 841 g/mol. The third kappa shape index (κ3) is 16.0. The van der Waals surface area contributed by atoms with Gasteiger partial charge in [-0.2, -0.15) is 0 Å². The molecule has 12 N–H and O–H groups in total. The van der Waals surface area contributed by atoms with E-state index < -0.39 is 103 Å². The average Bonchev–Trinajstić information content (AvgIpc) is 3.59. The zero-order valence-electron chi connectivity index (χ0n) is 33.4. The van der Waals surface area contributed by atoms with Crippen molar-refractivity contribution in [1.82, 2.24) is 31.5 Å². The maximum Gasteiger partial charge on any atom is 0.524 e. The second-order valence-electron chi connectivity index (χ2n) is 15.0. The molecule has 0 bridgehead atoms. The largest absolute Gasteiger partial charge is 0.524 e. The Labute approximate surface area is 336 Å². The molecule has 1 aliphatic rings. The highest BCUT2D eigenvalue weighted by molar-refractivity contribution is 7.46. The fourth-order valence-corrected chi connectivity index (χ4v) is 6.67. The number of carbonyl (C=O) groups is 8. The van der Waals surface area contributed by atoms with Crippen molar-refractivity contribution in [3.63, 3.8) is 0 Å². The normalized spacial score (nSPS) is 17.2. The molecular weight excluding hydrogens is 783 g/mol. The van der Waals surface area contributed by atoms with Crippen LogP contribution in [-0.4, -0.2) is 116 Å². The van der Waals surface area contributed by atoms with Gasteiger partial charge in [0, 0.05) is 26.3 Å². The zero-order valence-corrected chi connectivity index (χ0v) is 34.3. The van der Waals surface area contributed by atoms with Crippen LogP contribution in [0.5, 0.6) is 5.75 Å². The van der Waals surface area contributed by atoms with E-state index in [1.54, 1.807) is 13.8 Å². The number of carbonyl (C=O) groups excluding carboxylic acids is 8. The number of primary amides is 2. The van der Waals surface area contributed by atoms with Gasteiger partial charge in [-0.15, -0.1) is 0 Å². The van der Waals surface area contributed by atoms with E-state index in [2.05, 4.69) is 31.1 Å². The molecule has 1 heterocycles. The molecule has 1 saturated heterocycles. The molecule has 0 aromatic heterocycles. The van der Waals surface area contributed by atoms with Gasteiger partial charge in [0.05, 0.1) is 6.10 Å². The molecule has 7 atom stereocenters. The van der Waals surface area contributed by atoms with Gasteiger partial charge in [-0.05, 0) is 62.1 Å². The predicted molar refractivity (Wildman–Crippen MR) is 206 cm³/mol. The number of aliphatic hydroxyl groups is 1. The van der Waals surface area contributed by atoms with Gasteiger partial charge in [0.25, 0.3) is 0 Å². The Balaban J connectivity index is 2.30. The summed E-state index contributed by atoms with van der Waals surface area (Å²) < 4.78 is 15.7. The van der Waals surface area contributed by atoms with Crippen LogP contribution in [0.2, 0.25) is 0 Å². The highest BCUT2D eigenvalue weighted by Gasteiger charge is 2.40. The second-order valence-corrected chi connectivity index (χ2v) is 16.2. The first-order valence-electron chi connectivity index (χ1n) is 18.8. The maximum atomic E-state index is 14.1. The molecule has 58 heavy (non-hydrogen) atoms. The summed E-state index contributed by atoms with van der Waals surface area (Å²) in [6.07, 6.45) is -1.55. The lowest BCUT2D eigenvalue weighted by molar-refractivity contribution is -0.143. The first kappa shape index (κ1) is 49.0. The fraction of sp³-hybridized carbons (Fsp3) is 0.611. The van der Waals surface area contributed by atoms with E-state index >= 15 is 0 Å². The molecule has 1 fully saturated rings. The molecule has 0 unspecified atom stereocenters. The summed E-state index contributed by atoms with van der Waals surface area (Å²) >= 11 is 0. The summed E-state index contributed by atoms with van der Waals surface area (Å²) in [5, 5.41) is 22.9. The fourth-order valence-electron chi connectivity index (χ4n) is 6.27. The molecule has 1 aliphatic heterocycles. The van der Waals surface area contributed by atoms with E-state index in [4.69, 9.17) is 21.3 Å². The minimum absolute atomic E-state index is 0.0747. The van der Waals surface area contributed by atoms with Gasteiger partial charge in [-0.25, -0.2) is 4.57 Å². The van der Waals surface area contributed by atoms with Crippen molar-refractivity contribution in [2.24, 2.45) is 23.3 Å². The lowest BCUT2D eigenvalue weighted by Gasteiger charge is -2.31. The first-order valence-corrected chi connectivity index (χ1v) is 20.3. The number of amides is 8. The molecule has 21 nitrogen and oxygen atoms in total. The van der Waals surface area contributed by atoms with E-state index in [0.29, 0.717) is 12.0 Å².